The molecule has 0 unspecified atom stereocenters. The zero-order valence-electron chi connectivity index (χ0n) is 18.5. The third-order valence-electron chi connectivity index (χ3n) is 6.09. The standard InChI is InChI=1S/C30H28O3/c1-5-13-24(14-6-1)21-31-22-28-29(33-28)23-32-30(25-15-7-2-8-16-25,26-17-9-3-10-18-26)27-19-11-4-12-20-27/h1-20,28-29H,21-23H2/t28-,29+/m1/s1. The summed E-state index contributed by atoms with van der Waals surface area (Å²) in [5, 5.41) is 0. The SMILES string of the molecule is c1ccc(COC[C@H]2O[C@H]2COC(c2ccccc2)(c2ccccc2)c2ccccc2)cc1. The molecule has 0 spiro atoms. The highest BCUT2D eigenvalue weighted by Gasteiger charge is 2.44. The third-order valence-corrected chi connectivity index (χ3v) is 6.09. The van der Waals surface area contributed by atoms with Gasteiger partial charge < -0.3 is 14.2 Å². The molecule has 1 fully saturated rings. The van der Waals surface area contributed by atoms with Crippen LogP contribution in [0, 0.1) is 0 Å². The van der Waals surface area contributed by atoms with Crippen molar-refractivity contribution < 1.29 is 14.2 Å². The molecule has 0 saturated carbocycles. The molecule has 3 nitrogen and oxygen atoms in total. The van der Waals surface area contributed by atoms with Crippen molar-refractivity contribution in [3.8, 4) is 0 Å². The molecular weight excluding hydrogens is 408 g/mol. The van der Waals surface area contributed by atoms with Gasteiger partial charge in [0.05, 0.1) is 19.8 Å². The Balaban J connectivity index is 1.34. The van der Waals surface area contributed by atoms with Gasteiger partial charge in [-0.3, -0.25) is 0 Å². The van der Waals surface area contributed by atoms with Gasteiger partial charge in [0.25, 0.3) is 0 Å². The smallest absolute Gasteiger partial charge is 0.143 e. The highest BCUT2D eigenvalue weighted by Crippen LogP contribution is 2.41. The lowest BCUT2D eigenvalue weighted by Crippen LogP contribution is -2.34. The molecule has 2 atom stereocenters. The maximum absolute atomic E-state index is 6.83. The van der Waals surface area contributed by atoms with Crippen LogP contribution in [-0.4, -0.2) is 25.4 Å². The van der Waals surface area contributed by atoms with E-state index in [1.807, 2.05) is 36.4 Å². The van der Waals surface area contributed by atoms with E-state index in [4.69, 9.17) is 14.2 Å². The topological polar surface area (TPSA) is 31.0 Å². The molecule has 4 aromatic carbocycles. The quantitative estimate of drug-likeness (QED) is 0.226. The van der Waals surface area contributed by atoms with Gasteiger partial charge in [-0.05, 0) is 22.3 Å². The number of ether oxygens (including phenoxy) is 3. The number of rotatable bonds is 10. The van der Waals surface area contributed by atoms with Crippen molar-refractivity contribution in [3.05, 3.63) is 144 Å². The van der Waals surface area contributed by atoms with E-state index in [1.165, 1.54) is 5.56 Å². The van der Waals surface area contributed by atoms with Crippen LogP contribution >= 0.6 is 0 Å². The minimum absolute atomic E-state index is 0.0243. The molecule has 3 heteroatoms. The second-order valence-electron chi connectivity index (χ2n) is 8.30. The van der Waals surface area contributed by atoms with Gasteiger partial charge in [0.2, 0.25) is 0 Å². The largest absolute Gasteiger partial charge is 0.374 e. The van der Waals surface area contributed by atoms with Gasteiger partial charge in [-0.25, -0.2) is 0 Å². The van der Waals surface area contributed by atoms with Crippen LogP contribution in [0.2, 0.25) is 0 Å². The van der Waals surface area contributed by atoms with Crippen molar-refractivity contribution in [3.63, 3.8) is 0 Å². The number of benzene rings is 4. The summed E-state index contributed by atoms with van der Waals surface area (Å²) in [4.78, 5) is 0. The fourth-order valence-electron chi connectivity index (χ4n) is 4.32. The van der Waals surface area contributed by atoms with Gasteiger partial charge in [-0.1, -0.05) is 121 Å². The molecule has 166 valence electrons. The van der Waals surface area contributed by atoms with E-state index in [2.05, 4.69) is 84.9 Å². The number of hydrogen-bond acceptors (Lipinski definition) is 3. The Hall–Kier alpha value is -3.24. The molecule has 1 aliphatic heterocycles. The number of hydrogen-bond donors (Lipinski definition) is 0. The predicted molar refractivity (Wildman–Crippen MR) is 130 cm³/mol. The second-order valence-corrected chi connectivity index (χ2v) is 8.30. The Morgan fingerprint density at radius 2 is 0.970 bits per heavy atom. The highest BCUT2D eigenvalue weighted by atomic mass is 16.6. The first kappa shape index (κ1) is 21.6. The van der Waals surface area contributed by atoms with Crippen LogP contribution in [0.5, 0.6) is 0 Å². The minimum Gasteiger partial charge on any atom is -0.374 e. The first-order valence-electron chi connectivity index (χ1n) is 11.4. The summed E-state index contributed by atoms with van der Waals surface area (Å²) in [6, 6.07) is 41.5. The summed E-state index contributed by atoms with van der Waals surface area (Å²) in [6.45, 7) is 1.65. The molecule has 1 heterocycles. The zero-order valence-corrected chi connectivity index (χ0v) is 18.5. The van der Waals surface area contributed by atoms with E-state index in [1.54, 1.807) is 0 Å². The Bertz CT molecular complexity index is 1020. The lowest BCUT2D eigenvalue weighted by atomic mass is 9.80. The van der Waals surface area contributed by atoms with Crippen molar-refractivity contribution in [1.82, 2.24) is 0 Å². The average Bonchev–Trinajstić information content (AvgIpc) is 3.65. The monoisotopic (exact) mass is 436 g/mol. The van der Waals surface area contributed by atoms with E-state index in [-0.39, 0.29) is 12.2 Å². The van der Waals surface area contributed by atoms with Gasteiger partial charge in [-0.15, -0.1) is 0 Å². The normalized spacial score (nSPS) is 17.6. The van der Waals surface area contributed by atoms with Gasteiger partial charge in [0, 0.05) is 0 Å². The molecule has 1 aliphatic rings. The van der Waals surface area contributed by atoms with Gasteiger partial charge in [0.15, 0.2) is 0 Å². The molecule has 4 aromatic rings. The molecule has 0 bridgehead atoms. The van der Waals surface area contributed by atoms with E-state index >= 15 is 0 Å². The maximum Gasteiger partial charge on any atom is 0.143 e. The molecule has 0 radical (unpaired) electrons. The summed E-state index contributed by atoms with van der Waals surface area (Å²) in [5.41, 5.74) is 3.74. The molecule has 33 heavy (non-hydrogen) atoms. The summed E-state index contributed by atoms with van der Waals surface area (Å²) in [7, 11) is 0. The van der Waals surface area contributed by atoms with Crippen molar-refractivity contribution in [2.45, 2.75) is 24.4 Å². The predicted octanol–water partition coefficient (Wildman–Crippen LogP) is 5.98. The Labute approximate surface area is 195 Å². The first-order valence-corrected chi connectivity index (χ1v) is 11.4. The molecule has 0 aromatic heterocycles. The van der Waals surface area contributed by atoms with E-state index in [9.17, 15) is 0 Å². The molecule has 1 saturated heterocycles. The van der Waals surface area contributed by atoms with Crippen LogP contribution in [0.1, 0.15) is 22.3 Å². The Morgan fingerprint density at radius 3 is 1.45 bits per heavy atom. The van der Waals surface area contributed by atoms with Crippen LogP contribution in [0.3, 0.4) is 0 Å². The second kappa shape index (κ2) is 10.1. The van der Waals surface area contributed by atoms with E-state index < -0.39 is 5.60 Å². The van der Waals surface area contributed by atoms with Gasteiger partial charge in [0.1, 0.15) is 17.8 Å². The average molecular weight is 437 g/mol. The molecular formula is C30H28O3. The van der Waals surface area contributed by atoms with Crippen LogP contribution in [0.15, 0.2) is 121 Å². The van der Waals surface area contributed by atoms with E-state index in [0.29, 0.717) is 19.8 Å². The van der Waals surface area contributed by atoms with Gasteiger partial charge >= 0.3 is 0 Å². The summed E-state index contributed by atoms with van der Waals surface area (Å²) in [6.07, 6.45) is 0.0880. The zero-order chi connectivity index (χ0) is 22.3. The molecule has 0 aliphatic carbocycles. The summed E-state index contributed by atoms with van der Waals surface area (Å²) in [5.74, 6) is 0. The molecule has 0 amide bonds. The van der Waals surface area contributed by atoms with Crippen molar-refractivity contribution in [2.75, 3.05) is 13.2 Å². The summed E-state index contributed by atoms with van der Waals surface area (Å²) >= 11 is 0. The summed E-state index contributed by atoms with van der Waals surface area (Å²) < 4.78 is 18.6. The fraction of sp³-hybridized carbons (Fsp3) is 0.200. The molecule has 5 rings (SSSR count). The third kappa shape index (κ3) is 4.91. The first-order chi connectivity index (χ1) is 16.4. The van der Waals surface area contributed by atoms with Crippen LogP contribution < -0.4 is 0 Å². The van der Waals surface area contributed by atoms with Crippen LogP contribution in [-0.2, 0) is 26.4 Å². The number of epoxide rings is 1. The Morgan fingerprint density at radius 1 is 0.545 bits per heavy atom. The van der Waals surface area contributed by atoms with Crippen LogP contribution in [0.25, 0.3) is 0 Å². The minimum atomic E-state index is -0.717. The van der Waals surface area contributed by atoms with Crippen LogP contribution in [0.4, 0.5) is 0 Å². The molecule has 0 N–H and O–H groups in total. The van der Waals surface area contributed by atoms with Crippen molar-refractivity contribution in [1.29, 1.82) is 0 Å². The maximum atomic E-state index is 6.83. The van der Waals surface area contributed by atoms with Crippen molar-refractivity contribution >= 4 is 0 Å². The van der Waals surface area contributed by atoms with E-state index in [0.717, 1.165) is 16.7 Å². The Kier molecular flexibility index (Phi) is 6.63. The van der Waals surface area contributed by atoms with Crippen molar-refractivity contribution in [2.24, 2.45) is 0 Å². The highest BCUT2D eigenvalue weighted by molar-refractivity contribution is 5.47. The fourth-order valence-corrected chi connectivity index (χ4v) is 4.32. The lowest BCUT2D eigenvalue weighted by molar-refractivity contribution is 0.00421. The lowest BCUT2D eigenvalue weighted by Gasteiger charge is -2.35. The van der Waals surface area contributed by atoms with Gasteiger partial charge in [-0.2, -0.15) is 0 Å².